The number of hydrogen-bond donors (Lipinski definition) is 0. The van der Waals surface area contributed by atoms with Crippen molar-refractivity contribution in [1.29, 1.82) is 0 Å². The van der Waals surface area contributed by atoms with Gasteiger partial charge in [0.2, 0.25) is 0 Å². The molecule has 1 aromatic rings. The third-order valence-electron chi connectivity index (χ3n) is 2.55. The third-order valence-corrected chi connectivity index (χ3v) is 2.55. The average Bonchev–Trinajstić information content (AvgIpc) is 2.88. The molecule has 4 nitrogen and oxygen atoms in total. The van der Waals surface area contributed by atoms with Gasteiger partial charge in [-0.3, -0.25) is 14.2 Å². The van der Waals surface area contributed by atoms with Crippen molar-refractivity contribution < 1.29 is 18.9 Å². The van der Waals surface area contributed by atoms with Crippen LogP contribution in [0.5, 0.6) is 0 Å². The molecule has 1 spiro atoms. The van der Waals surface area contributed by atoms with E-state index in [-0.39, 0.29) is 6.10 Å². The summed E-state index contributed by atoms with van der Waals surface area (Å²) >= 11 is 0. The Hall–Kier alpha value is -1.36. The maximum atomic E-state index is 5.64. The maximum absolute atomic E-state index is 5.64. The van der Waals surface area contributed by atoms with Crippen LogP contribution >= 0.6 is 0 Å². The Morgan fingerprint density at radius 3 is 2.69 bits per heavy atom. The molecule has 0 aliphatic carbocycles. The lowest BCUT2D eigenvalue weighted by Crippen LogP contribution is -2.30. The van der Waals surface area contributed by atoms with E-state index < -0.39 is 6.16 Å². The summed E-state index contributed by atoms with van der Waals surface area (Å²) in [6.07, 6.45) is -1.52. The third kappa shape index (κ3) is 1.61. The van der Waals surface area contributed by atoms with Gasteiger partial charge in [0.15, 0.2) is 0 Å². The zero-order chi connectivity index (χ0) is 11.0. The Balaban J connectivity index is 1.76. The van der Waals surface area contributed by atoms with Crippen LogP contribution in [0, 0.1) is 0 Å². The van der Waals surface area contributed by atoms with Crippen molar-refractivity contribution in [3.05, 3.63) is 48.2 Å². The van der Waals surface area contributed by atoms with E-state index in [1.54, 1.807) is 0 Å². The monoisotopic (exact) mass is 220 g/mol. The summed E-state index contributed by atoms with van der Waals surface area (Å²) in [5.74, 6) is 0.522. The Kier molecular flexibility index (Phi) is 2.21. The predicted octanol–water partition coefficient (Wildman–Crippen LogP) is 1.95. The van der Waals surface area contributed by atoms with Gasteiger partial charge in [0.05, 0.1) is 6.61 Å². The standard InChI is InChI=1S/C12H12O4/c1-9-7-13-12(15-9)14-8-11(16-12)10-5-3-2-4-6-10/h2-6,11H,1,7-8H2. The van der Waals surface area contributed by atoms with Gasteiger partial charge >= 0.3 is 6.16 Å². The highest BCUT2D eigenvalue weighted by molar-refractivity contribution is 5.18. The van der Waals surface area contributed by atoms with Crippen molar-refractivity contribution in [2.45, 2.75) is 12.3 Å². The quantitative estimate of drug-likeness (QED) is 0.724. The van der Waals surface area contributed by atoms with Crippen molar-refractivity contribution in [3.8, 4) is 0 Å². The second kappa shape index (κ2) is 3.59. The highest BCUT2D eigenvalue weighted by Gasteiger charge is 2.50. The minimum atomic E-state index is -1.36. The minimum absolute atomic E-state index is 0.160. The van der Waals surface area contributed by atoms with Gasteiger partial charge < -0.3 is 4.74 Å². The molecule has 0 radical (unpaired) electrons. The molecule has 4 heteroatoms. The molecule has 0 saturated carbocycles. The molecule has 2 fully saturated rings. The van der Waals surface area contributed by atoms with Gasteiger partial charge in [-0.1, -0.05) is 36.9 Å². The summed E-state index contributed by atoms with van der Waals surface area (Å²) in [5, 5.41) is 0. The van der Waals surface area contributed by atoms with E-state index in [1.165, 1.54) is 0 Å². The second-order valence-electron chi connectivity index (χ2n) is 3.76. The van der Waals surface area contributed by atoms with Crippen LogP contribution in [-0.2, 0) is 18.9 Å². The molecule has 2 atom stereocenters. The molecule has 2 aliphatic heterocycles. The Morgan fingerprint density at radius 2 is 2.00 bits per heavy atom. The molecular formula is C12H12O4. The van der Waals surface area contributed by atoms with Crippen LogP contribution in [0.1, 0.15) is 11.7 Å². The van der Waals surface area contributed by atoms with Gasteiger partial charge in [0.1, 0.15) is 18.5 Å². The summed E-state index contributed by atoms with van der Waals surface area (Å²) in [7, 11) is 0. The predicted molar refractivity (Wildman–Crippen MR) is 55.1 cm³/mol. The maximum Gasteiger partial charge on any atom is 0.461 e. The molecule has 2 heterocycles. The van der Waals surface area contributed by atoms with E-state index >= 15 is 0 Å². The molecule has 0 bridgehead atoms. The van der Waals surface area contributed by atoms with Crippen molar-refractivity contribution in [2.24, 2.45) is 0 Å². The van der Waals surface area contributed by atoms with Gasteiger partial charge in [-0.05, 0) is 5.56 Å². The molecule has 84 valence electrons. The first kappa shape index (κ1) is 9.84. The molecule has 0 N–H and O–H groups in total. The van der Waals surface area contributed by atoms with E-state index in [1.807, 2.05) is 30.3 Å². The van der Waals surface area contributed by atoms with E-state index in [9.17, 15) is 0 Å². The van der Waals surface area contributed by atoms with Crippen LogP contribution in [0.3, 0.4) is 0 Å². The number of benzene rings is 1. The van der Waals surface area contributed by atoms with Crippen molar-refractivity contribution in [1.82, 2.24) is 0 Å². The fourth-order valence-electron chi connectivity index (χ4n) is 1.79. The number of rotatable bonds is 1. The van der Waals surface area contributed by atoms with Crippen LogP contribution in [0.2, 0.25) is 0 Å². The summed E-state index contributed by atoms with van der Waals surface area (Å²) in [6, 6.07) is 9.84. The van der Waals surface area contributed by atoms with Crippen LogP contribution < -0.4 is 0 Å². The van der Waals surface area contributed by atoms with Crippen molar-refractivity contribution >= 4 is 0 Å². The second-order valence-corrected chi connectivity index (χ2v) is 3.76. The SMILES string of the molecule is C=C1COC2(OCC(c3ccccc3)O2)O1. The van der Waals surface area contributed by atoms with Gasteiger partial charge in [-0.15, -0.1) is 0 Å². The lowest BCUT2D eigenvalue weighted by Gasteiger charge is -2.18. The summed E-state index contributed by atoms with van der Waals surface area (Å²) < 4.78 is 21.6. The zero-order valence-electron chi connectivity index (χ0n) is 8.72. The number of ether oxygens (including phenoxy) is 4. The van der Waals surface area contributed by atoms with Crippen LogP contribution in [0.25, 0.3) is 0 Å². The minimum Gasteiger partial charge on any atom is -0.419 e. The fraction of sp³-hybridized carbons (Fsp3) is 0.333. The molecule has 2 aliphatic rings. The van der Waals surface area contributed by atoms with E-state index in [0.29, 0.717) is 19.0 Å². The summed E-state index contributed by atoms with van der Waals surface area (Å²) in [5.41, 5.74) is 1.05. The van der Waals surface area contributed by atoms with E-state index in [4.69, 9.17) is 18.9 Å². The van der Waals surface area contributed by atoms with Crippen LogP contribution in [0.15, 0.2) is 42.7 Å². The summed E-state index contributed by atoms with van der Waals surface area (Å²) in [4.78, 5) is 0. The van der Waals surface area contributed by atoms with Crippen LogP contribution in [-0.4, -0.2) is 19.4 Å². The molecule has 2 saturated heterocycles. The van der Waals surface area contributed by atoms with Crippen molar-refractivity contribution in [3.63, 3.8) is 0 Å². The first-order valence-electron chi connectivity index (χ1n) is 5.15. The molecule has 2 unspecified atom stereocenters. The zero-order valence-corrected chi connectivity index (χ0v) is 8.72. The average molecular weight is 220 g/mol. The lowest BCUT2D eigenvalue weighted by molar-refractivity contribution is -0.422. The topological polar surface area (TPSA) is 36.9 Å². The molecule has 3 rings (SSSR count). The first-order chi connectivity index (χ1) is 7.77. The van der Waals surface area contributed by atoms with Crippen LogP contribution in [0.4, 0.5) is 0 Å². The Labute approximate surface area is 93.4 Å². The first-order valence-corrected chi connectivity index (χ1v) is 5.15. The number of hydrogen-bond acceptors (Lipinski definition) is 4. The molecule has 16 heavy (non-hydrogen) atoms. The van der Waals surface area contributed by atoms with Gasteiger partial charge in [-0.2, -0.15) is 0 Å². The van der Waals surface area contributed by atoms with Gasteiger partial charge in [0.25, 0.3) is 0 Å². The highest BCUT2D eigenvalue weighted by Crippen LogP contribution is 2.39. The van der Waals surface area contributed by atoms with Gasteiger partial charge in [-0.25, -0.2) is 0 Å². The Morgan fingerprint density at radius 1 is 1.19 bits per heavy atom. The van der Waals surface area contributed by atoms with E-state index in [0.717, 1.165) is 5.56 Å². The van der Waals surface area contributed by atoms with E-state index in [2.05, 4.69) is 6.58 Å². The molecule has 0 aromatic heterocycles. The van der Waals surface area contributed by atoms with Crippen molar-refractivity contribution in [2.75, 3.05) is 13.2 Å². The largest absolute Gasteiger partial charge is 0.461 e. The molecular weight excluding hydrogens is 208 g/mol. The highest BCUT2D eigenvalue weighted by atomic mass is 17.1. The Bertz CT molecular complexity index is 403. The summed E-state index contributed by atoms with van der Waals surface area (Å²) in [6.45, 7) is 4.38. The molecule has 0 amide bonds. The fourth-order valence-corrected chi connectivity index (χ4v) is 1.79. The smallest absolute Gasteiger partial charge is 0.419 e. The van der Waals surface area contributed by atoms with Gasteiger partial charge in [0, 0.05) is 0 Å². The normalized spacial score (nSPS) is 33.2. The lowest BCUT2D eigenvalue weighted by atomic mass is 10.1. The molecule has 1 aromatic carbocycles.